The standard InChI is InChI=1S/C21H27N3O5S/c1-27-20-12-18-15-24(8-11-30-19(18)13-22-20)14-16-4-6-17(7-5-16)21(25)28-9-2-3-10-29-23-26/h4-7,12-13,23,26H,2-3,8-11,14-15H2,1H3. The molecule has 0 saturated carbocycles. The number of hydrogen-bond acceptors (Lipinski definition) is 9. The minimum absolute atomic E-state index is 0.318. The van der Waals surface area contributed by atoms with E-state index in [0.29, 0.717) is 37.5 Å². The summed E-state index contributed by atoms with van der Waals surface area (Å²) in [4.78, 5) is 24.6. The first kappa shape index (κ1) is 22.5. The molecule has 2 heterocycles. The molecule has 162 valence electrons. The van der Waals surface area contributed by atoms with Gasteiger partial charge in [-0.15, -0.1) is 11.8 Å². The third-order valence-corrected chi connectivity index (χ3v) is 5.79. The molecule has 3 rings (SSSR count). The van der Waals surface area contributed by atoms with Gasteiger partial charge < -0.3 is 9.47 Å². The van der Waals surface area contributed by atoms with E-state index in [1.807, 2.05) is 48.3 Å². The molecule has 1 aromatic heterocycles. The van der Waals surface area contributed by atoms with E-state index in [1.54, 1.807) is 12.8 Å². The van der Waals surface area contributed by atoms with Gasteiger partial charge in [-0.2, -0.15) is 0 Å². The molecule has 0 aliphatic carbocycles. The van der Waals surface area contributed by atoms with Gasteiger partial charge in [0, 0.05) is 42.5 Å². The smallest absolute Gasteiger partial charge is 0.338 e. The first-order valence-corrected chi connectivity index (χ1v) is 10.8. The first-order chi connectivity index (χ1) is 14.7. The molecule has 1 aromatic carbocycles. The van der Waals surface area contributed by atoms with Crippen molar-refractivity contribution in [1.29, 1.82) is 0 Å². The second-order valence-electron chi connectivity index (χ2n) is 6.87. The first-order valence-electron chi connectivity index (χ1n) is 9.84. The van der Waals surface area contributed by atoms with Gasteiger partial charge in [0.05, 0.1) is 25.9 Å². The van der Waals surface area contributed by atoms with Gasteiger partial charge in [0.15, 0.2) is 0 Å². The maximum atomic E-state index is 12.1. The average Bonchev–Trinajstić information content (AvgIpc) is 2.97. The molecule has 1 aliphatic heterocycles. The fourth-order valence-corrected chi connectivity index (χ4v) is 4.15. The Hall–Kier alpha value is -2.17. The number of fused-ring (bicyclic) bond motifs is 1. The van der Waals surface area contributed by atoms with Crippen molar-refractivity contribution in [2.75, 3.05) is 32.6 Å². The monoisotopic (exact) mass is 433 g/mol. The highest BCUT2D eigenvalue weighted by atomic mass is 32.2. The molecule has 0 spiro atoms. The van der Waals surface area contributed by atoms with Crippen LogP contribution in [0.25, 0.3) is 0 Å². The van der Waals surface area contributed by atoms with Crippen LogP contribution in [0.1, 0.15) is 34.3 Å². The minimum Gasteiger partial charge on any atom is -0.481 e. The van der Waals surface area contributed by atoms with Crippen LogP contribution in [0.15, 0.2) is 41.4 Å². The van der Waals surface area contributed by atoms with Crippen LogP contribution >= 0.6 is 11.8 Å². The van der Waals surface area contributed by atoms with Crippen molar-refractivity contribution in [1.82, 2.24) is 15.5 Å². The highest BCUT2D eigenvalue weighted by Crippen LogP contribution is 2.29. The summed E-state index contributed by atoms with van der Waals surface area (Å²) in [5.41, 5.74) is 4.54. The fourth-order valence-electron chi connectivity index (χ4n) is 3.14. The number of rotatable bonds is 10. The summed E-state index contributed by atoms with van der Waals surface area (Å²) in [5.74, 6) is 1.31. The lowest BCUT2D eigenvalue weighted by Crippen LogP contribution is -2.24. The Labute approximate surface area is 180 Å². The number of carbonyl (C=O) groups is 1. The minimum atomic E-state index is -0.331. The number of pyridine rings is 1. The van der Waals surface area contributed by atoms with Crippen LogP contribution in [0.3, 0.4) is 0 Å². The van der Waals surface area contributed by atoms with E-state index in [4.69, 9.17) is 14.7 Å². The Morgan fingerprint density at radius 3 is 2.83 bits per heavy atom. The lowest BCUT2D eigenvalue weighted by atomic mass is 10.1. The van der Waals surface area contributed by atoms with Crippen molar-refractivity contribution >= 4 is 17.7 Å². The van der Waals surface area contributed by atoms with Crippen LogP contribution in [0.4, 0.5) is 0 Å². The molecule has 1 aliphatic rings. The molecule has 0 fully saturated rings. The van der Waals surface area contributed by atoms with E-state index in [-0.39, 0.29) is 5.97 Å². The van der Waals surface area contributed by atoms with Crippen molar-refractivity contribution in [3.05, 3.63) is 53.2 Å². The molecule has 0 amide bonds. The highest BCUT2D eigenvalue weighted by molar-refractivity contribution is 7.99. The number of methoxy groups -OCH3 is 1. The lowest BCUT2D eigenvalue weighted by Gasteiger charge is -2.20. The van der Waals surface area contributed by atoms with Crippen LogP contribution < -0.4 is 10.4 Å². The largest absolute Gasteiger partial charge is 0.481 e. The number of nitrogens with one attached hydrogen (secondary N) is 1. The van der Waals surface area contributed by atoms with Gasteiger partial charge in [-0.25, -0.2) is 9.78 Å². The molecule has 0 atom stereocenters. The van der Waals surface area contributed by atoms with Gasteiger partial charge in [0.25, 0.3) is 0 Å². The Morgan fingerprint density at radius 2 is 2.07 bits per heavy atom. The van der Waals surface area contributed by atoms with Crippen LogP contribution in [0.2, 0.25) is 0 Å². The number of carbonyl (C=O) groups excluding carboxylic acids is 1. The molecule has 30 heavy (non-hydrogen) atoms. The second-order valence-corrected chi connectivity index (χ2v) is 8.01. The maximum absolute atomic E-state index is 12.1. The molecular weight excluding hydrogens is 406 g/mol. The third kappa shape index (κ3) is 6.68. The summed E-state index contributed by atoms with van der Waals surface area (Å²) in [6.45, 7) is 3.28. The molecule has 9 heteroatoms. The van der Waals surface area contributed by atoms with Gasteiger partial charge in [0.2, 0.25) is 5.88 Å². The SMILES string of the molecule is COc1cc2c(cn1)SCCN(Cc1ccc(C(=O)OCCCCONO)cc1)C2. The normalized spacial score (nSPS) is 14.1. The van der Waals surface area contributed by atoms with Crippen LogP contribution in [0.5, 0.6) is 5.88 Å². The van der Waals surface area contributed by atoms with Gasteiger partial charge in [-0.05, 0) is 36.1 Å². The predicted octanol–water partition coefficient (Wildman–Crippen LogP) is 3.05. The molecule has 8 nitrogen and oxygen atoms in total. The zero-order chi connectivity index (χ0) is 21.2. The zero-order valence-corrected chi connectivity index (χ0v) is 17.8. The summed E-state index contributed by atoms with van der Waals surface area (Å²) < 4.78 is 10.5. The summed E-state index contributed by atoms with van der Waals surface area (Å²) >= 11 is 1.82. The lowest BCUT2D eigenvalue weighted by molar-refractivity contribution is -0.128. The van der Waals surface area contributed by atoms with Crippen LogP contribution in [-0.4, -0.2) is 53.7 Å². The molecule has 2 N–H and O–H groups in total. The summed E-state index contributed by atoms with van der Waals surface area (Å²) in [5, 5.41) is 8.30. The van der Waals surface area contributed by atoms with Gasteiger partial charge in [0.1, 0.15) is 0 Å². The summed E-state index contributed by atoms with van der Waals surface area (Å²) in [6, 6.07) is 9.58. The van der Waals surface area contributed by atoms with Crippen molar-refractivity contribution in [2.45, 2.75) is 30.8 Å². The number of ether oxygens (including phenoxy) is 2. The fraction of sp³-hybridized carbons (Fsp3) is 0.429. The van der Waals surface area contributed by atoms with Crippen molar-refractivity contribution in [3.63, 3.8) is 0 Å². The molecule has 0 saturated heterocycles. The zero-order valence-electron chi connectivity index (χ0n) is 17.0. The van der Waals surface area contributed by atoms with Crippen LogP contribution in [0, 0.1) is 0 Å². The number of esters is 1. The van der Waals surface area contributed by atoms with Crippen molar-refractivity contribution < 1.29 is 24.3 Å². The number of aromatic nitrogens is 1. The third-order valence-electron chi connectivity index (χ3n) is 4.73. The van der Waals surface area contributed by atoms with E-state index in [2.05, 4.69) is 14.7 Å². The maximum Gasteiger partial charge on any atom is 0.338 e. The van der Waals surface area contributed by atoms with Gasteiger partial charge in [-0.3, -0.25) is 14.9 Å². The molecule has 0 unspecified atom stereocenters. The van der Waals surface area contributed by atoms with E-state index < -0.39 is 0 Å². The second kappa shape index (κ2) is 11.9. The van der Waals surface area contributed by atoms with Gasteiger partial charge in [-0.1, -0.05) is 17.8 Å². The number of unbranched alkanes of at least 4 members (excludes halogenated alkanes) is 1. The van der Waals surface area contributed by atoms with Crippen molar-refractivity contribution in [3.8, 4) is 5.88 Å². The van der Waals surface area contributed by atoms with Crippen molar-refractivity contribution in [2.24, 2.45) is 0 Å². The highest BCUT2D eigenvalue weighted by Gasteiger charge is 2.17. The molecule has 0 bridgehead atoms. The van der Waals surface area contributed by atoms with Gasteiger partial charge >= 0.3 is 5.97 Å². The van der Waals surface area contributed by atoms with Crippen LogP contribution in [-0.2, 0) is 22.7 Å². The molecular formula is C21H27N3O5S. The number of nitrogens with zero attached hydrogens (tertiary/aromatic N) is 2. The Morgan fingerprint density at radius 1 is 1.27 bits per heavy atom. The number of hydrogen-bond donors (Lipinski definition) is 2. The topological polar surface area (TPSA) is 93.2 Å². The quantitative estimate of drug-likeness (QED) is 0.333. The average molecular weight is 434 g/mol. The predicted molar refractivity (Wildman–Crippen MR) is 112 cm³/mol. The summed E-state index contributed by atoms with van der Waals surface area (Å²) in [6.07, 6.45) is 3.23. The van der Waals surface area contributed by atoms with E-state index >= 15 is 0 Å². The Bertz CT molecular complexity index is 819. The number of benzene rings is 1. The van der Waals surface area contributed by atoms with E-state index in [0.717, 1.165) is 31.0 Å². The molecule has 0 radical (unpaired) electrons. The Kier molecular flexibility index (Phi) is 8.91. The van der Waals surface area contributed by atoms with E-state index in [9.17, 15) is 4.79 Å². The van der Waals surface area contributed by atoms with E-state index in [1.165, 1.54) is 10.5 Å². The Balaban J connectivity index is 1.50. The summed E-state index contributed by atoms with van der Waals surface area (Å²) in [7, 11) is 1.63. The molecule has 2 aromatic rings. The number of thioether (sulfide) groups is 1.